The van der Waals surface area contributed by atoms with E-state index < -0.39 is 0 Å². The van der Waals surface area contributed by atoms with E-state index in [9.17, 15) is 4.79 Å². The third kappa shape index (κ3) is 4.75. The van der Waals surface area contributed by atoms with Crippen molar-refractivity contribution in [3.05, 3.63) is 98.7 Å². The van der Waals surface area contributed by atoms with Gasteiger partial charge in [-0.25, -0.2) is 0 Å². The third-order valence-electron chi connectivity index (χ3n) is 5.34. The fraction of sp³-hybridized carbons (Fsp3) is 0.222. The number of benzene rings is 3. The number of carbonyl (C=O) groups excluding carboxylic acids is 1. The minimum atomic E-state index is -0.0909. The Morgan fingerprint density at radius 1 is 1.00 bits per heavy atom. The van der Waals surface area contributed by atoms with Gasteiger partial charge in [-0.05, 0) is 58.9 Å². The van der Waals surface area contributed by atoms with Gasteiger partial charge in [-0.2, -0.15) is 0 Å². The number of hydrogen-bond donors (Lipinski definition) is 0. The Morgan fingerprint density at radius 2 is 1.68 bits per heavy atom. The average molecular weight is 477 g/mol. The van der Waals surface area contributed by atoms with Crippen LogP contribution in [-0.2, 0) is 12.0 Å². The van der Waals surface area contributed by atoms with E-state index in [0.29, 0.717) is 29.4 Å². The summed E-state index contributed by atoms with van der Waals surface area (Å²) < 4.78 is 12.9. The summed E-state index contributed by atoms with van der Waals surface area (Å²) in [7, 11) is 0. The van der Waals surface area contributed by atoms with E-state index >= 15 is 0 Å². The van der Waals surface area contributed by atoms with Crippen molar-refractivity contribution in [1.29, 1.82) is 0 Å². The fourth-order valence-corrected chi connectivity index (χ4v) is 3.80. The molecule has 0 unspecified atom stereocenters. The van der Waals surface area contributed by atoms with Gasteiger partial charge in [0.15, 0.2) is 5.76 Å². The summed E-state index contributed by atoms with van der Waals surface area (Å²) in [6.07, 6.45) is 1.80. The van der Waals surface area contributed by atoms with Crippen molar-refractivity contribution in [2.75, 3.05) is 0 Å². The largest absolute Gasteiger partial charge is 0.489 e. The lowest BCUT2D eigenvalue weighted by molar-refractivity contribution is 0.101. The highest BCUT2D eigenvalue weighted by Gasteiger charge is 2.30. The maximum absolute atomic E-state index is 12.9. The zero-order chi connectivity index (χ0) is 22.2. The average Bonchev–Trinajstić information content (AvgIpc) is 3.03. The predicted octanol–water partition coefficient (Wildman–Crippen LogP) is 7.25. The summed E-state index contributed by atoms with van der Waals surface area (Å²) >= 11 is 3.44. The molecule has 3 nitrogen and oxygen atoms in total. The second kappa shape index (κ2) is 8.35. The number of ether oxygens (including phenoxy) is 2. The maximum atomic E-state index is 12.9. The standard InChI is InChI=1S/C27H25BrO3/c1-17-13-22(30-16-19-7-11-21(28)12-8-19)15-23-25(17)26(29)24(31-23)14-18-5-9-20(10-6-18)27(2,3)4/h5-15H,16H2,1-4H3/b24-14-. The highest BCUT2D eigenvalue weighted by atomic mass is 79.9. The van der Waals surface area contributed by atoms with Crippen molar-refractivity contribution in [2.24, 2.45) is 0 Å². The highest BCUT2D eigenvalue weighted by Crippen LogP contribution is 2.38. The molecule has 0 spiro atoms. The molecular weight excluding hydrogens is 452 g/mol. The van der Waals surface area contributed by atoms with Crippen molar-refractivity contribution in [3.63, 3.8) is 0 Å². The van der Waals surface area contributed by atoms with Gasteiger partial charge in [-0.1, -0.05) is 73.1 Å². The second-order valence-corrected chi connectivity index (χ2v) is 9.76. The van der Waals surface area contributed by atoms with Crippen LogP contribution in [0.4, 0.5) is 0 Å². The molecule has 3 aromatic carbocycles. The first-order valence-corrected chi connectivity index (χ1v) is 11.1. The van der Waals surface area contributed by atoms with E-state index in [1.807, 2.05) is 49.4 Å². The van der Waals surface area contributed by atoms with Crippen LogP contribution in [0, 0.1) is 6.92 Å². The Labute approximate surface area is 191 Å². The van der Waals surface area contributed by atoms with Crippen LogP contribution in [0.1, 0.15) is 53.4 Å². The monoisotopic (exact) mass is 476 g/mol. The molecule has 0 aromatic heterocycles. The van der Waals surface area contributed by atoms with E-state index in [0.717, 1.165) is 21.2 Å². The van der Waals surface area contributed by atoms with E-state index in [4.69, 9.17) is 9.47 Å². The number of rotatable bonds is 4. The van der Waals surface area contributed by atoms with E-state index in [1.54, 1.807) is 12.1 Å². The minimum Gasteiger partial charge on any atom is -0.489 e. The molecule has 0 saturated heterocycles. The molecule has 1 aliphatic rings. The summed E-state index contributed by atoms with van der Waals surface area (Å²) in [5, 5.41) is 0. The number of aryl methyl sites for hydroxylation is 1. The topological polar surface area (TPSA) is 35.5 Å². The summed E-state index contributed by atoms with van der Waals surface area (Å²) in [6, 6.07) is 19.9. The first-order valence-electron chi connectivity index (χ1n) is 10.3. The Hall–Kier alpha value is -2.85. The van der Waals surface area contributed by atoms with Crippen LogP contribution in [0.25, 0.3) is 6.08 Å². The SMILES string of the molecule is Cc1cc(OCc2ccc(Br)cc2)cc2c1C(=O)/C(=C/c1ccc(C(C)(C)C)cc1)O2. The molecular formula is C27H25BrO3. The molecule has 0 bridgehead atoms. The zero-order valence-electron chi connectivity index (χ0n) is 18.2. The molecule has 0 atom stereocenters. The number of carbonyl (C=O) groups is 1. The van der Waals surface area contributed by atoms with Gasteiger partial charge in [0.2, 0.25) is 5.78 Å². The van der Waals surface area contributed by atoms with Crippen molar-refractivity contribution < 1.29 is 14.3 Å². The Balaban J connectivity index is 1.53. The Morgan fingerprint density at radius 3 is 2.32 bits per heavy atom. The molecule has 0 N–H and O–H groups in total. The summed E-state index contributed by atoms with van der Waals surface area (Å²) in [5.41, 5.74) is 4.80. The third-order valence-corrected chi connectivity index (χ3v) is 5.87. The summed E-state index contributed by atoms with van der Waals surface area (Å²) in [4.78, 5) is 12.9. The first kappa shape index (κ1) is 21.4. The normalized spacial score (nSPS) is 14.5. The van der Waals surface area contributed by atoms with Crippen molar-refractivity contribution in [1.82, 2.24) is 0 Å². The lowest BCUT2D eigenvalue weighted by Crippen LogP contribution is -2.10. The lowest BCUT2D eigenvalue weighted by Gasteiger charge is -2.18. The molecule has 3 aromatic rings. The minimum absolute atomic E-state index is 0.0886. The number of allylic oxidation sites excluding steroid dienone is 1. The van der Waals surface area contributed by atoms with Gasteiger partial charge in [0.1, 0.15) is 18.1 Å². The van der Waals surface area contributed by atoms with Crippen LogP contribution in [0.15, 0.2) is 70.9 Å². The Bertz CT molecular complexity index is 1150. The number of Topliss-reactive ketones (excluding diaryl/α,β-unsaturated/α-hetero) is 1. The van der Waals surface area contributed by atoms with Crippen LogP contribution in [-0.4, -0.2) is 5.78 Å². The van der Waals surface area contributed by atoms with Gasteiger partial charge >= 0.3 is 0 Å². The van der Waals surface area contributed by atoms with Gasteiger partial charge in [-0.3, -0.25) is 4.79 Å². The fourth-order valence-electron chi connectivity index (χ4n) is 3.54. The molecule has 0 aliphatic carbocycles. The molecule has 1 heterocycles. The quantitative estimate of drug-likeness (QED) is 0.372. The molecule has 1 aliphatic heterocycles. The van der Waals surface area contributed by atoms with Gasteiger partial charge in [0, 0.05) is 10.5 Å². The van der Waals surface area contributed by atoms with Crippen LogP contribution in [0.5, 0.6) is 11.5 Å². The predicted molar refractivity (Wildman–Crippen MR) is 128 cm³/mol. The Kier molecular flexibility index (Phi) is 5.76. The highest BCUT2D eigenvalue weighted by molar-refractivity contribution is 9.10. The van der Waals surface area contributed by atoms with Crippen molar-refractivity contribution >= 4 is 27.8 Å². The van der Waals surface area contributed by atoms with E-state index in [1.165, 1.54) is 5.56 Å². The van der Waals surface area contributed by atoms with Gasteiger partial charge in [0.05, 0.1) is 5.56 Å². The molecule has 0 fully saturated rings. The number of fused-ring (bicyclic) bond motifs is 1. The van der Waals surface area contributed by atoms with Crippen LogP contribution in [0.3, 0.4) is 0 Å². The molecule has 0 radical (unpaired) electrons. The number of halogens is 1. The van der Waals surface area contributed by atoms with E-state index in [-0.39, 0.29) is 11.2 Å². The molecule has 0 amide bonds. The zero-order valence-corrected chi connectivity index (χ0v) is 19.7. The lowest BCUT2D eigenvalue weighted by atomic mass is 9.86. The molecule has 31 heavy (non-hydrogen) atoms. The molecule has 158 valence electrons. The molecule has 4 rings (SSSR count). The number of hydrogen-bond acceptors (Lipinski definition) is 3. The molecule has 4 heteroatoms. The molecule has 0 saturated carbocycles. The maximum Gasteiger partial charge on any atom is 0.232 e. The summed E-state index contributed by atoms with van der Waals surface area (Å²) in [6.45, 7) is 8.90. The second-order valence-electron chi connectivity index (χ2n) is 8.84. The van der Waals surface area contributed by atoms with Crippen LogP contribution in [0.2, 0.25) is 0 Å². The van der Waals surface area contributed by atoms with Crippen molar-refractivity contribution in [3.8, 4) is 11.5 Å². The van der Waals surface area contributed by atoms with Crippen LogP contribution < -0.4 is 9.47 Å². The number of ketones is 1. The van der Waals surface area contributed by atoms with E-state index in [2.05, 4.69) is 48.8 Å². The van der Waals surface area contributed by atoms with Crippen LogP contribution >= 0.6 is 15.9 Å². The van der Waals surface area contributed by atoms with Crippen molar-refractivity contribution in [2.45, 2.75) is 39.7 Å². The van der Waals surface area contributed by atoms with Gasteiger partial charge < -0.3 is 9.47 Å². The summed E-state index contributed by atoms with van der Waals surface area (Å²) in [5.74, 6) is 1.48. The smallest absolute Gasteiger partial charge is 0.232 e. The van der Waals surface area contributed by atoms with Gasteiger partial charge in [-0.15, -0.1) is 0 Å². The van der Waals surface area contributed by atoms with Gasteiger partial charge in [0.25, 0.3) is 0 Å². The first-order chi connectivity index (χ1) is 14.7.